The lowest BCUT2D eigenvalue weighted by atomic mass is 10.1. The average Bonchev–Trinajstić information content (AvgIpc) is 2.52. The van der Waals surface area contributed by atoms with Crippen molar-refractivity contribution >= 4 is 24.5 Å². The van der Waals surface area contributed by atoms with Gasteiger partial charge in [-0.25, -0.2) is 4.79 Å². The van der Waals surface area contributed by atoms with Crippen molar-refractivity contribution < 1.29 is 19.4 Å². The van der Waals surface area contributed by atoms with E-state index in [1.165, 1.54) is 0 Å². The van der Waals surface area contributed by atoms with Crippen molar-refractivity contribution in [2.24, 2.45) is 5.73 Å². The number of nitrogens with one attached hydrogen (secondary N) is 1. The van der Waals surface area contributed by atoms with Crippen LogP contribution in [-0.2, 0) is 16.1 Å². The van der Waals surface area contributed by atoms with Gasteiger partial charge in [-0.15, -0.1) is 18.8 Å². The van der Waals surface area contributed by atoms with Crippen LogP contribution in [0.3, 0.4) is 0 Å². The number of halogens is 1. The molecule has 0 heterocycles. The van der Waals surface area contributed by atoms with E-state index in [1.54, 1.807) is 24.3 Å². The summed E-state index contributed by atoms with van der Waals surface area (Å²) >= 11 is 0. The zero-order valence-corrected chi connectivity index (χ0v) is 13.5. The molecule has 0 aliphatic carbocycles. The zero-order chi connectivity index (χ0) is 16.4. The lowest BCUT2D eigenvalue weighted by molar-refractivity contribution is -0.138. The Kier molecular flexibility index (Phi) is 10.3. The van der Waals surface area contributed by atoms with E-state index in [0.717, 1.165) is 11.1 Å². The number of unbranched alkanes of at least 4 members (excludes halogenated alkanes) is 1. The van der Waals surface area contributed by atoms with Crippen LogP contribution in [0, 0.1) is 12.3 Å². The maximum absolute atomic E-state index is 11.5. The molecule has 0 saturated heterocycles. The molecular formula is C16H21ClN2O4. The minimum atomic E-state index is -1.01. The van der Waals surface area contributed by atoms with Crippen LogP contribution in [0.15, 0.2) is 24.3 Å². The summed E-state index contributed by atoms with van der Waals surface area (Å²) in [5, 5.41) is 11.2. The molecule has 1 amide bonds. The highest BCUT2D eigenvalue weighted by Crippen LogP contribution is 2.05. The molecule has 1 atom stereocenters. The smallest absolute Gasteiger partial charge is 0.407 e. The number of amides is 1. The van der Waals surface area contributed by atoms with E-state index >= 15 is 0 Å². The average molecular weight is 341 g/mol. The van der Waals surface area contributed by atoms with Gasteiger partial charge in [-0.05, 0) is 37.0 Å². The minimum Gasteiger partial charge on any atom is -0.480 e. The lowest BCUT2D eigenvalue weighted by Crippen LogP contribution is -2.30. The molecule has 0 fully saturated rings. The Morgan fingerprint density at radius 2 is 1.96 bits per heavy atom. The van der Waals surface area contributed by atoms with Crippen LogP contribution < -0.4 is 11.1 Å². The number of carboxylic acid groups (broad SMARTS) is 1. The second kappa shape index (κ2) is 11.4. The topological polar surface area (TPSA) is 102 Å². The van der Waals surface area contributed by atoms with Gasteiger partial charge in [-0.3, -0.25) is 4.79 Å². The van der Waals surface area contributed by atoms with E-state index in [4.69, 9.17) is 22.0 Å². The van der Waals surface area contributed by atoms with Crippen molar-refractivity contribution in [2.75, 3.05) is 6.54 Å². The molecule has 0 radical (unpaired) electrons. The highest BCUT2D eigenvalue weighted by Gasteiger charge is 2.10. The van der Waals surface area contributed by atoms with Crippen molar-refractivity contribution in [1.29, 1.82) is 0 Å². The highest BCUT2D eigenvalue weighted by atomic mass is 35.5. The summed E-state index contributed by atoms with van der Waals surface area (Å²) in [6.07, 6.45) is 6.39. The number of nitrogens with two attached hydrogens (primary N) is 1. The first-order chi connectivity index (χ1) is 10.5. The molecule has 23 heavy (non-hydrogen) atoms. The van der Waals surface area contributed by atoms with Gasteiger partial charge in [0.2, 0.25) is 0 Å². The fourth-order valence-electron chi connectivity index (χ4n) is 1.70. The van der Waals surface area contributed by atoms with Crippen molar-refractivity contribution in [2.45, 2.75) is 31.9 Å². The van der Waals surface area contributed by atoms with Gasteiger partial charge in [0, 0.05) is 12.1 Å². The number of carboxylic acids is 1. The molecule has 6 nitrogen and oxygen atoms in total. The van der Waals surface area contributed by atoms with Crippen LogP contribution in [0.5, 0.6) is 0 Å². The van der Waals surface area contributed by atoms with Crippen LogP contribution in [0.25, 0.3) is 0 Å². The van der Waals surface area contributed by atoms with Gasteiger partial charge in [0.05, 0.1) is 0 Å². The van der Waals surface area contributed by atoms with Gasteiger partial charge < -0.3 is 20.9 Å². The van der Waals surface area contributed by atoms with E-state index in [-0.39, 0.29) is 19.0 Å². The van der Waals surface area contributed by atoms with E-state index in [1.807, 2.05) is 0 Å². The first kappa shape index (κ1) is 20.8. The van der Waals surface area contributed by atoms with Crippen LogP contribution in [0.1, 0.15) is 30.4 Å². The standard InChI is InChI=1S/C16H20N2O4.ClH/c1-2-12-6-8-13(9-7-12)11-22-16(21)18-10-4-3-5-14(17)15(19)20;/h1,6-9,14H,3-5,10-11,17H2,(H,18,21)(H,19,20);1H. The predicted octanol–water partition coefficient (Wildman–Crippen LogP) is 1.90. The molecule has 0 bridgehead atoms. The van der Waals surface area contributed by atoms with E-state index in [0.29, 0.717) is 25.8 Å². The number of alkyl carbamates (subject to hydrolysis) is 1. The lowest BCUT2D eigenvalue weighted by Gasteiger charge is -2.08. The summed E-state index contributed by atoms with van der Waals surface area (Å²) in [4.78, 5) is 22.0. The quantitative estimate of drug-likeness (QED) is 0.495. The number of aliphatic carboxylic acids is 1. The number of ether oxygens (including phenoxy) is 1. The molecule has 1 rings (SSSR count). The number of terminal acetylenes is 1. The van der Waals surface area contributed by atoms with Crippen molar-refractivity contribution in [3.8, 4) is 12.3 Å². The number of rotatable bonds is 8. The molecule has 0 saturated carbocycles. The highest BCUT2D eigenvalue weighted by molar-refractivity contribution is 5.85. The Balaban J connectivity index is 0.00000484. The van der Waals surface area contributed by atoms with E-state index in [9.17, 15) is 9.59 Å². The normalized spacial score (nSPS) is 10.8. The minimum absolute atomic E-state index is 0. The predicted molar refractivity (Wildman–Crippen MR) is 89.3 cm³/mol. The van der Waals surface area contributed by atoms with Crippen LogP contribution in [0.2, 0.25) is 0 Å². The maximum atomic E-state index is 11.5. The Labute approximate surface area is 141 Å². The van der Waals surface area contributed by atoms with Crippen LogP contribution in [-0.4, -0.2) is 29.8 Å². The first-order valence-corrected chi connectivity index (χ1v) is 6.97. The molecule has 0 spiro atoms. The number of carbonyl (C=O) groups excluding carboxylic acids is 1. The summed E-state index contributed by atoms with van der Waals surface area (Å²) < 4.78 is 5.05. The summed E-state index contributed by atoms with van der Waals surface area (Å²) in [5.41, 5.74) is 6.99. The van der Waals surface area contributed by atoms with Crippen LogP contribution >= 0.6 is 12.4 Å². The van der Waals surface area contributed by atoms with Crippen molar-refractivity contribution in [3.63, 3.8) is 0 Å². The summed E-state index contributed by atoms with van der Waals surface area (Å²) in [6, 6.07) is 6.31. The molecule has 0 aliphatic heterocycles. The van der Waals surface area contributed by atoms with E-state index in [2.05, 4.69) is 11.2 Å². The van der Waals surface area contributed by atoms with Gasteiger partial charge in [-0.2, -0.15) is 0 Å². The van der Waals surface area contributed by atoms with Gasteiger partial charge in [-0.1, -0.05) is 18.1 Å². The summed E-state index contributed by atoms with van der Waals surface area (Å²) in [6.45, 7) is 0.585. The Morgan fingerprint density at radius 1 is 1.30 bits per heavy atom. The van der Waals surface area contributed by atoms with Crippen molar-refractivity contribution in [3.05, 3.63) is 35.4 Å². The number of hydrogen-bond donors (Lipinski definition) is 3. The maximum Gasteiger partial charge on any atom is 0.407 e. The van der Waals surface area contributed by atoms with E-state index < -0.39 is 18.1 Å². The Hall–Kier alpha value is -2.23. The molecule has 7 heteroatoms. The molecule has 1 aromatic rings. The molecule has 4 N–H and O–H groups in total. The van der Waals surface area contributed by atoms with Gasteiger partial charge in [0.25, 0.3) is 0 Å². The Morgan fingerprint density at radius 3 is 2.52 bits per heavy atom. The van der Waals surface area contributed by atoms with Crippen LogP contribution in [0.4, 0.5) is 4.79 Å². The summed E-state index contributed by atoms with van der Waals surface area (Å²) in [5.74, 6) is 1.50. The number of carbonyl (C=O) groups is 2. The molecule has 1 unspecified atom stereocenters. The third-order valence-corrected chi connectivity index (χ3v) is 3.02. The SMILES string of the molecule is C#Cc1ccc(COC(=O)NCCCCC(N)C(=O)O)cc1.Cl. The number of hydrogen-bond acceptors (Lipinski definition) is 4. The Bertz CT molecular complexity index is 540. The third kappa shape index (κ3) is 8.71. The van der Waals surface area contributed by atoms with Gasteiger partial charge in [0.15, 0.2) is 0 Å². The zero-order valence-electron chi connectivity index (χ0n) is 12.7. The fourth-order valence-corrected chi connectivity index (χ4v) is 1.70. The first-order valence-electron chi connectivity index (χ1n) is 6.97. The molecule has 126 valence electrons. The second-order valence-corrected chi connectivity index (χ2v) is 4.78. The second-order valence-electron chi connectivity index (χ2n) is 4.78. The largest absolute Gasteiger partial charge is 0.480 e. The fraction of sp³-hybridized carbons (Fsp3) is 0.375. The van der Waals surface area contributed by atoms with Crippen molar-refractivity contribution in [1.82, 2.24) is 5.32 Å². The molecular weight excluding hydrogens is 320 g/mol. The molecule has 1 aromatic carbocycles. The summed E-state index contributed by atoms with van der Waals surface area (Å²) in [7, 11) is 0. The number of benzene rings is 1. The third-order valence-electron chi connectivity index (χ3n) is 3.02. The monoisotopic (exact) mass is 340 g/mol. The van der Waals surface area contributed by atoms with Gasteiger partial charge in [0.1, 0.15) is 12.6 Å². The molecule has 0 aliphatic rings. The molecule has 0 aromatic heterocycles. The van der Waals surface area contributed by atoms with Gasteiger partial charge >= 0.3 is 12.1 Å².